The number of guanidine groups is 1. The largest absolute Gasteiger partial charge is 0.481 e. The zero-order valence-corrected chi connectivity index (χ0v) is 27.0. The number of aliphatic carboxylic acids is 1. The summed E-state index contributed by atoms with van der Waals surface area (Å²) < 4.78 is 0. The Labute approximate surface area is 273 Å². The van der Waals surface area contributed by atoms with Gasteiger partial charge in [0.05, 0.1) is 6.42 Å². The number of rotatable bonds is 13. The van der Waals surface area contributed by atoms with Crippen LogP contribution in [0.1, 0.15) is 65.2 Å². The Balaban J connectivity index is 3.47. The monoisotopic (exact) mass is 669 g/mol. The lowest BCUT2D eigenvalue weighted by Gasteiger charge is -2.26. The molecule has 0 aliphatic carbocycles. The lowest BCUT2D eigenvalue weighted by atomic mass is 10.0. The van der Waals surface area contributed by atoms with Crippen molar-refractivity contribution in [3.63, 3.8) is 0 Å². The number of aliphatic imine (C=N–C) groups is 1. The summed E-state index contributed by atoms with van der Waals surface area (Å²) in [5, 5.41) is 24.5. The fraction of sp³-hybridized carbons (Fsp3) is 0.714. The molecule has 0 saturated carbocycles. The smallest absolute Gasteiger partial charge is 0.305 e. The second-order valence-electron chi connectivity index (χ2n) is 11.6. The molecule has 1 heterocycles. The van der Waals surface area contributed by atoms with Gasteiger partial charge in [-0.3, -0.25) is 38.6 Å². The summed E-state index contributed by atoms with van der Waals surface area (Å²) in [6.45, 7) is 3.56. The van der Waals surface area contributed by atoms with E-state index < -0.39 is 84.6 Å². The summed E-state index contributed by atoms with van der Waals surface area (Å²) in [6.07, 6.45) is 0.511. The number of unbranched alkanes of at least 4 members (excludes halogenated alkanes) is 1. The van der Waals surface area contributed by atoms with Crippen molar-refractivity contribution in [2.24, 2.45) is 33.8 Å². The molecular weight excluding hydrogens is 618 g/mol. The maximum atomic E-state index is 13.4. The first-order valence-electron chi connectivity index (χ1n) is 15.6. The van der Waals surface area contributed by atoms with Gasteiger partial charge < -0.3 is 59.9 Å². The van der Waals surface area contributed by atoms with Crippen LogP contribution in [-0.2, 0) is 33.6 Å². The summed E-state index contributed by atoms with van der Waals surface area (Å²) in [5.41, 5.74) is 22.1. The highest BCUT2D eigenvalue weighted by molar-refractivity contribution is 5.97. The van der Waals surface area contributed by atoms with Crippen LogP contribution < -0.4 is 54.8 Å². The number of hydrogen-bond acceptors (Lipinski definition) is 10. The highest BCUT2D eigenvalue weighted by Gasteiger charge is 2.33. The summed E-state index contributed by atoms with van der Waals surface area (Å²) in [6, 6.07) is -6.49. The van der Waals surface area contributed by atoms with Crippen molar-refractivity contribution < 1.29 is 38.7 Å². The van der Waals surface area contributed by atoms with Crippen LogP contribution in [0, 0.1) is 5.92 Å². The number of amides is 6. The Hall–Kier alpha value is -4.52. The molecule has 1 rings (SSSR count). The van der Waals surface area contributed by atoms with E-state index >= 15 is 0 Å². The van der Waals surface area contributed by atoms with Gasteiger partial charge >= 0.3 is 5.97 Å². The number of carbonyl (C=O) groups is 7. The SMILES string of the molecule is CC(C)C[C@@H]1NC(=O)[C@H](CCCN=C(N)N)NC(=O)[C@H](CN)NC(=O)[C@H](CC(=O)O)NC(=O)[C@H](CCCCN)NC(=O)CCNC1=O. The highest BCUT2D eigenvalue weighted by atomic mass is 16.4. The van der Waals surface area contributed by atoms with Crippen LogP contribution in [0.3, 0.4) is 0 Å². The molecule has 5 atom stereocenters. The van der Waals surface area contributed by atoms with Crippen molar-refractivity contribution in [1.82, 2.24) is 31.9 Å². The molecule has 0 aromatic rings. The standard InChI is InChI=1S/C28H51N11O8/c1-15(2)12-18-23(43)33-11-8-21(40)35-16(6-3-4-9-29)24(44)38-19(13-22(41)42)26(46)39-20(14-30)27(47)36-17(25(45)37-18)7-5-10-34-28(31)32/h15-20H,3-14,29-30H2,1-2H3,(H,33,43)(H,35,40)(H,36,47)(H,37,45)(H,38,44)(H,39,46)(H,41,42)(H4,31,32,34)/t16-,17-,18-,19-,20-/m0/s1. The molecule has 15 N–H and O–H groups in total. The molecule has 0 spiro atoms. The van der Waals surface area contributed by atoms with E-state index in [1.807, 2.05) is 13.8 Å². The molecule has 1 aliphatic rings. The van der Waals surface area contributed by atoms with Gasteiger partial charge in [0, 0.05) is 26.1 Å². The van der Waals surface area contributed by atoms with Crippen LogP contribution in [0.5, 0.6) is 0 Å². The fourth-order valence-electron chi connectivity index (χ4n) is 4.63. The van der Waals surface area contributed by atoms with E-state index in [-0.39, 0.29) is 57.1 Å². The number of carboxylic acids is 1. The summed E-state index contributed by atoms with van der Waals surface area (Å²) in [7, 11) is 0. The maximum Gasteiger partial charge on any atom is 0.305 e. The van der Waals surface area contributed by atoms with Crippen LogP contribution in [0.15, 0.2) is 4.99 Å². The normalized spacial score (nSPS) is 23.9. The summed E-state index contributed by atoms with van der Waals surface area (Å²) in [5.74, 6) is -6.24. The van der Waals surface area contributed by atoms with Crippen molar-refractivity contribution in [3.05, 3.63) is 0 Å². The molecule has 0 radical (unpaired) electrons. The van der Waals surface area contributed by atoms with Gasteiger partial charge in [-0.1, -0.05) is 13.8 Å². The minimum Gasteiger partial charge on any atom is -0.481 e. The predicted molar refractivity (Wildman–Crippen MR) is 171 cm³/mol. The summed E-state index contributed by atoms with van der Waals surface area (Å²) in [4.78, 5) is 94.5. The van der Waals surface area contributed by atoms with Crippen LogP contribution in [0.4, 0.5) is 0 Å². The number of nitrogens with two attached hydrogens (primary N) is 4. The van der Waals surface area contributed by atoms with Gasteiger partial charge in [0.1, 0.15) is 30.2 Å². The van der Waals surface area contributed by atoms with E-state index in [9.17, 15) is 38.7 Å². The average Bonchev–Trinajstić information content (AvgIpc) is 2.98. The minimum absolute atomic E-state index is 0.0268. The molecule has 47 heavy (non-hydrogen) atoms. The molecule has 0 bridgehead atoms. The van der Waals surface area contributed by atoms with E-state index in [0.717, 1.165) is 0 Å². The lowest BCUT2D eigenvalue weighted by Crippen LogP contribution is -2.60. The Morgan fingerprint density at radius 2 is 1.30 bits per heavy atom. The third kappa shape index (κ3) is 16.0. The molecule has 1 aliphatic heterocycles. The molecule has 0 unspecified atom stereocenters. The molecule has 0 aromatic heterocycles. The average molecular weight is 670 g/mol. The van der Waals surface area contributed by atoms with Gasteiger partial charge in [-0.15, -0.1) is 0 Å². The Bertz CT molecular complexity index is 1130. The topological polar surface area (TPSA) is 328 Å². The molecule has 6 amide bonds. The van der Waals surface area contributed by atoms with Gasteiger partial charge in [0.2, 0.25) is 35.4 Å². The van der Waals surface area contributed by atoms with E-state index in [4.69, 9.17) is 22.9 Å². The van der Waals surface area contributed by atoms with Crippen molar-refractivity contribution in [2.75, 3.05) is 26.2 Å². The third-order valence-corrected chi connectivity index (χ3v) is 7.05. The number of carboxylic acid groups (broad SMARTS) is 1. The van der Waals surface area contributed by atoms with Crippen LogP contribution in [-0.4, -0.2) is 109 Å². The molecule has 19 heteroatoms. The van der Waals surface area contributed by atoms with Crippen LogP contribution in [0.25, 0.3) is 0 Å². The van der Waals surface area contributed by atoms with Crippen molar-refractivity contribution in [1.29, 1.82) is 0 Å². The second-order valence-corrected chi connectivity index (χ2v) is 11.6. The molecule has 266 valence electrons. The van der Waals surface area contributed by atoms with E-state index in [1.165, 1.54) is 0 Å². The van der Waals surface area contributed by atoms with E-state index in [1.54, 1.807) is 0 Å². The van der Waals surface area contributed by atoms with Gasteiger partial charge in [-0.05, 0) is 51.0 Å². The number of nitrogens with one attached hydrogen (secondary N) is 6. The first-order valence-corrected chi connectivity index (χ1v) is 15.6. The quantitative estimate of drug-likeness (QED) is 0.0503. The van der Waals surface area contributed by atoms with Gasteiger partial charge in [0.25, 0.3) is 0 Å². The predicted octanol–water partition coefficient (Wildman–Crippen LogP) is -4.41. The molecule has 19 nitrogen and oxygen atoms in total. The molecular formula is C28H51N11O8. The number of hydrogen-bond donors (Lipinski definition) is 11. The maximum absolute atomic E-state index is 13.4. The Kier molecular flexibility index (Phi) is 18.4. The zero-order chi connectivity index (χ0) is 35.5. The van der Waals surface area contributed by atoms with Crippen molar-refractivity contribution >= 4 is 47.4 Å². The number of carbonyl (C=O) groups excluding carboxylic acids is 6. The van der Waals surface area contributed by atoms with Crippen molar-refractivity contribution in [3.8, 4) is 0 Å². The van der Waals surface area contributed by atoms with Crippen molar-refractivity contribution in [2.45, 2.75) is 95.4 Å². The number of nitrogens with zero attached hydrogens (tertiary/aromatic N) is 1. The zero-order valence-electron chi connectivity index (χ0n) is 27.0. The second kappa shape index (κ2) is 21.3. The molecule has 1 saturated heterocycles. The van der Waals surface area contributed by atoms with Crippen LogP contribution in [0.2, 0.25) is 0 Å². The Morgan fingerprint density at radius 3 is 1.87 bits per heavy atom. The van der Waals surface area contributed by atoms with Gasteiger partial charge in [-0.2, -0.15) is 0 Å². The van der Waals surface area contributed by atoms with Gasteiger partial charge in [-0.25, -0.2) is 0 Å². The Morgan fingerprint density at radius 1 is 0.766 bits per heavy atom. The fourth-order valence-corrected chi connectivity index (χ4v) is 4.63. The first-order chi connectivity index (χ1) is 22.2. The van der Waals surface area contributed by atoms with E-state index in [0.29, 0.717) is 19.4 Å². The highest BCUT2D eigenvalue weighted by Crippen LogP contribution is 2.09. The summed E-state index contributed by atoms with van der Waals surface area (Å²) >= 11 is 0. The molecule has 1 fully saturated rings. The van der Waals surface area contributed by atoms with Gasteiger partial charge in [0.15, 0.2) is 5.96 Å². The van der Waals surface area contributed by atoms with E-state index in [2.05, 4.69) is 36.9 Å². The molecule has 0 aromatic carbocycles. The lowest BCUT2D eigenvalue weighted by molar-refractivity contribution is -0.141. The minimum atomic E-state index is -1.65. The first kappa shape index (κ1) is 40.5. The third-order valence-electron chi connectivity index (χ3n) is 7.05. The van der Waals surface area contributed by atoms with Crippen LogP contribution >= 0.6 is 0 Å².